The van der Waals surface area contributed by atoms with Crippen LogP contribution in [0.3, 0.4) is 0 Å². The Morgan fingerprint density at radius 2 is 1.82 bits per heavy atom. The molecule has 0 saturated carbocycles. The van der Waals surface area contributed by atoms with Crippen molar-refractivity contribution in [2.24, 2.45) is 0 Å². The fraction of sp³-hybridized carbons (Fsp3) is 0.130. The van der Waals surface area contributed by atoms with Gasteiger partial charge in [-0.05, 0) is 35.9 Å². The standard InChI is InChI=1S/C23H16ClF3N2O4/c24-17-11-15(9-10-19(17)32-12-20(30)31)33-22(13-5-7-14(8-6-13)23(25,26)27)21-16-3-1-2-4-18(16)28-29-21/h1-11,22H,12H2,(H,28,29)(H,30,31). The summed E-state index contributed by atoms with van der Waals surface area (Å²) in [5.74, 6) is -0.707. The molecule has 0 aliphatic rings. The summed E-state index contributed by atoms with van der Waals surface area (Å²) in [4.78, 5) is 10.7. The summed E-state index contributed by atoms with van der Waals surface area (Å²) in [5, 5.41) is 16.8. The van der Waals surface area contributed by atoms with Crippen LogP contribution in [-0.2, 0) is 11.0 Å². The third kappa shape index (κ3) is 5.04. The van der Waals surface area contributed by atoms with Crippen molar-refractivity contribution in [2.45, 2.75) is 12.3 Å². The molecular weight excluding hydrogens is 461 g/mol. The molecule has 4 rings (SSSR count). The Labute approximate surface area is 190 Å². The zero-order chi connectivity index (χ0) is 23.6. The van der Waals surface area contributed by atoms with Gasteiger partial charge in [0, 0.05) is 11.5 Å². The third-order valence-corrected chi connectivity index (χ3v) is 5.09. The fourth-order valence-electron chi connectivity index (χ4n) is 3.26. The van der Waals surface area contributed by atoms with E-state index in [9.17, 15) is 18.0 Å². The minimum Gasteiger partial charge on any atom is -0.480 e. The number of aliphatic carboxylic acids is 1. The fourth-order valence-corrected chi connectivity index (χ4v) is 3.49. The van der Waals surface area contributed by atoms with Crippen LogP contribution in [0.4, 0.5) is 13.2 Å². The molecule has 0 bridgehead atoms. The van der Waals surface area contributed by atoms with Crippen LogP contribution in [0, 0.1) is 0 Å². The lowest BCUT2D eigenvalue weighted by Gasteiger charge is -2.20. The molecule has 2 N–H and O–H groups in total. The number of hydrogen-bond donors (Lipinski definition) is 2. The normalized spacial score (nSPS) is 12.5. The summed E-state index contributed by atoms with van der Waals surface area (Å²) in [6, 6.07) is 16.3. The lowest BCUT2D eigenvalue weighted by molar-refractivity contribution is -0.139. The van der Waals surface area contributed by atoms with Gasteiger partial charge in [0.05, 0.1) is 16.1 Å². The maximum Gasteiger partial charge on any atom is 0.416 e. The van der Waals surface area contributed by atoms with Gasteiger partial charge in [0.15, 0.2) is 12.7 Å². The van der Waals surface area contributed by atoms with E-state index in [-0.39, 0.29) is 10.8 Å². The summed E-state index contributed by atoms with van der Waals surface area (Å²) in [5.41, 5.74) is 0.888. The Hall–Kier alpha value is -3.72. The van der Waals surface area contributed by atoms with Gasteiger partial charge in [-0.15, -0.1) is 0 Å². The third-order valence-electron chi connectivity index (χ3n) is 4.80. The van der Waals surface area contributed by atoms with E-state index in [2.05, 4.69) is 10.2 Å². The van der Waals surface area contributed by atoms with Crippen molar-refractivity contribution in [1.29, 1.82) is 0 Å². The number of para-hydroxylation sites is 1. The molecule has 1 aromatic heterocycles. The van der Waals surface area contributed by atoms with Crippen molar-refractivity contribution in [1.82, 2.24) is 10.2 Å². The molecule has 1 atom stereocenters. The molecule has 0 aliphatic heterocycles. The predicted octanol–water partition coefficient (Wildman–Crippen LogP) is 5.87. The van der Waals surface area contributed by atoms with Gasteiger partial charge < -0.3 is 14.6 Å². The zero-order valence-electron chi connectivity index (χ0n) is 16.8. The van der Waals surface area contributed by atoms with E-state index >= 15 is 0 Å². The van der Waals surface area contributed by atoms with E-state index in [0.29, 0.717) is 17.0 Å². The summed E-state index contributed by atoms with van der Waals surface area (Å²) < 4.78 is 50.3. The molecule has 0 amide bonds. The molecule has 10 heteroatoms. The molecule has 170 valence electrons. The minimum absolute atomic E-state index is 0.117. The van der Waals surface area contributed by atoms with Crippen LogP contribution in [-0.4, -0.2) is 27.9 Å². The summed E-state index contributed by atoms with van der Waals surface area (Å²) >= 11 is 6.19. The first-order valence-corrected chi connectivity index (χ1v) is 10.0. The SMILES string of the molecule is O=C(O)COc1ccc(OC(c2ccc(C(F)(F)F)cc2)c2n[nH]c3ccccc23)cc1Cl. The average molecular weight is 477 g/mol. The van der Waals surface area contributed by atoms with Crippen LogP contribution in [0.1, 0.15) is 22.9 Å². The Morgan fingerprint density at radius 1 is 1.09 bits per heavy atom. The maximum absolute atomic E-state index is 13.0. The zero-order valence-corrected chi connectivity index (χ0v) is 17.5. The van der Waals surface area contributed by atoms with Crippen molar-refractivity contribution in [3.63, 3.8) is 0 Å². The lowest BCUT2D eigenvalue weighted by atomic mass is 10.0. The summed E-state index contributed by atoms with van der Waals surface area (Å²) in [6.45, 7) is -0.562. The van der Waals surface area contributed by atoms with Crippen molar-refractivity contribution in [3.05, 3.63) is 88.6 Å². The number of carboxylic acids is 1. The molecule has 0 radical (unpaired) electrons. The number of halogens is 4. The van der Waals surface area contributed by atoms with Gasteiger partial charge in [-0.3, -0.25) is 5.10 Å². The number of H-pyrrole nitrogens is 1. The second-order valence-corrected chi connectivity index (χ2v) is 7.45. The van der Waals surface area contributed by atoms with Crippen LogP contribution in [0.25, 0.3) is 10.9 Å². The monoisotopic (exact) mass is 476 g/mol. The number of aromatic nitrogens is 2. The molecular formula is C23H16ClF3N2O4. The van der Waals surface area contributed by atoms with Crippen LogP contribution in [0.5, 0.6) is 11.5 Å². The van der Waals surface area contributed by atoms with Gasteiger partial charge in [0.2, 0.25) is 0 Å². The Morgan fingerprint density at radius 3 is 2.48 bits per heavy atom. The summed E-state index contributed by atoms with van der Waals surface area (Å²) in [6.07, 6.45) is -5.32. The number of fused-ring (bicyclic) bond motifs is 1. The number of ether oxygens (including phenoxy) is 2. The number of benzene rings is 3. The van der Waals surface area contributed by atoms with Crippen molar-refractivity contribution in [3.8, 4) is 11.5 Å². The number of rotatable bonds is 7. The summed E-state index contributed by atoms with van der Waals surface area (Å²) in [7, 11) is 0. The highest BCUT2D eigenvalue weighted by Crippen LogP contribution is 2.36. The number of hydrogen-bond acceptors (Lipinski definition) is 4. The first kappa shape index (κ1) is 22.5. The Balaban J connectivity index is 1.71. The van der Waals surface area contributed by atoms with E-state index in [1.165, 1.54) is 30.3 Å². The highest BCUT2D eigenvalue weighted by molar-refractivity contribution is 6.32. The molecule has 6 nitrogen and oxygen atoms in total. The molecule has 4 aromatic rings. The number of aromatic amines is 1. The molecule has 33 heavy (non-hydrogen) atoms. The molecule has 0 spiro atoms. The van der Waals surface area contributed by atoms with Gasteiger partial charge in [-0.2, -0.15) is 18.3 Å². The number of carboxylic acid groups (broad SMARTS) is 1. The molecule has 0 aliphatic carbocycles. The van der Waals surface area contributed by atoms with Gasteiger partial charge in [0.1, 0.15) is 17.2 Å². The van der Waals surface area contributed by atoms with Crippen LogP contribution < -0.4 is 9.47 Å². The highest BCUT2D eigenvalue weighted by Gasteiger charge is 2.31. The second-order valence-electron chi connectivity index (χ2n) is 7.05. The number of carbonyl (C=O) groups is 1. The van der Waals surface area contributed by atoms with Crippen molar-refractivity contribution >= 4 is 28.5 Å². The number of nitrogens with zero attached hydrogens (tertiary/aromatic N) is 1. The lowest BCUT2D eigenvalue weighted by Crippen LogP contribution is -2.12. The molecule has 1 heterocycles. The van der Waals surface area contributed by atoms with Gasteiger partial charge in [-0.1, -0.05) is 41.9 Å². The number of alkyl halides is 3. The number of nitrogens with one attached hydrogen (secondary N) is 1. The molecule has 1 unspecified atom stereocenters. The van der Waals surface area contributed by atoms with E-state index in [1.54, 1.807) is 0 Å². The first-order chi connectivity index (χ1) is 15.7. The first-order valence-electron chi connectivity index (χ1n) is 9.63. The molecule has 0 saturated heterocycles. The van der Waals surface area contributed by atoms with E-state index in [0.717, 1.165) is 23.0 Å². The van der Waals surface area contributed by atoms with Gasteiger partial charge >= 0.3 is 12.1 Å². The van der Waals surface area contributed by atoms with E-state index in [1.807, 2.05) is 24.3 Å². The van der Waals surface area contributed by atoms with Crippen LogP contribution in [0.15, 0.2) is 66.7 Å². The van der Waals surface area contributed by atoms with Gasteiger partial charge in [0.25, 0.3) is 0 Å². The van der Waals surface area contributed by atoms with Crippen molar-refractivity contribution < 1.29 is 32.5 Å². The molecule has 3 aromatic carbocycles. The smallest absolute Gasteiger partial charge is 0.416 e. The van der Waals surface area contributed by atoms with Crippen molar-refractivity contribution in [2.75, 3.05) is 6.61 Å². The van der Waals surface area contributed by atoms with Crippen LogP contribution >= 0.6 is 11.6 Å². The molecule has 0 fully saturated rings. The second kappa shape index (κ2) is 9.03. The van der Waals surface area contributed by atoms with Crippen LogP contribution in [0.2, 0.25) is 5.02 Å². The maximum atomic E-state index is 13.0. The van der Waals surface area contributed by atoms with E-state index < -0.39 is 30.4 Å². The Kier molecular flexibility index (Phi) is 6.15. The average Bonchev–Trinajstić information content (AvgIpc) is 3.20. The minimum atomic E-state index is -4.47. The quantitative estimate of drug-likeness (QED) is 0.348. The topological polar surface area (TPSA) is 84.4 Å². The predicted molar refractivity (Wildman–Crippen MR) is 115 cm³/mol. The highest BCUT2D eigenvalue weighted by atomic mass is 35.5. The van der Waals surface area contributed by atoms with Gasteiger partial charge in [-0.25, -0.2) is 4.79 Å². The Bertz CT molecular complexity index is 1290. The van der Waals surface area contributed by atoms with E-state index in [4.69, 9.17) is 26.2 Å². The largest absolute Gasteiger partial charge is 0.480 e.